The van der Waals surface area contributed by atoms with E-state index in [1.165, 1.54) is 15.9 Å². The molecule has 1 heterocycles. The summed E-state index contributed by atoms with van der Waals surface area (Å²) in [5.41, 5.74) is -0.381. The highest BCUT2D eigenvalue weighted by Gasteiger charge is 2.25. The summed E-state index contributed by atoms with van der Waals surface area (Å²) >= 11 is 0. The second kappa shape index (κ2) is 8.93. The van der Waals surface area contributed by atoms with E-state index in [0.717, 1.165) is 24.3 Å². The van der Waals surface area contributed by atoms with Gasteiger partial charge in [-0.3, -0.25) is 14.4 Å². The average molecular weight is 423 g/mol. The van der Waals surface area contributed by atoms with Crippen LogP contribution in [0.5, 0.6) is 0 Å². The van der Waals surface area contributed by atoms with Gasteiger partial charge in [0.1, 0.15) is 11.6 Å². The van der Waals surface area contributed by atoms with Crippen LogP contribution in [0.1, 0.15) is 20.7 Å². The number of hydrogen-bond donors (Lipinski definition) is 1. The van der Waals surface area contributed by atoms with Crippen molar-refractivity contribution in [2.45, 2.75) is 0 Å². The van der Waals surface area contributed by atoms with Crippen LogP contribution in [0, 0.1) is 23.3 Å². The highest BCUT2D eigenvalue weighted by Crippen LogP contribution is 2.13. The van der Waals surface area contributed by atoms with Crippen LogP contribution in [-0.2, 0) is 4.79 Å². The molecular formula is C20H17F4N3O3. The van der Waals surface area contributed by atoms with Crippen molar-refractivity contribution in [3.8, 4) is 0 Å². The minimum atomic E-state index is -1.12. The van der Waals surface area contributed by atoms with Gasteiger partial charge in [-0.15, -0.1) is 0 Å². The maximum absolute atomic E-state index is 13.6. The van der Waals surface area contributed by atoms with Crippen molar-refractivity contribution in [2.75, 3.05) is 32.7 Å². The molecule has 3 amide bonds. The normalized spacial score (nSPS) is 13.9. The molecule has 1 saturated heterocycles. The summed E-state index contributed by atoms with van der Waals surface area (Å²) < 4.78 is 52.8. The van der Waals surface area contributed by atoms with E-state index in [0.29, 0.717) is 6.07 Å². The molecule has 10 heteroatoms. The lowest BCUT2D eigenvalue weighted by Gasteiger charge is -2.34. The van der Waals surface area contributed by atoms with Crippen LogP contribution in [0.15, 0.2) is 36.4 Å². The van der Waals surface area contributed by atoms with Crippen molar-refractivity contribution in [3.05, 3.63) is 70.8 Å². The molecule has 0 bridgehead atoms. The molecule has 2 aromatic rings. The van der Waals surface area contributed by atoms with Crippen molar-refractivity contribution in [3.63, 3.8) is 0 Å². The highest BCUT2D eigenvalue weighted by molar-refractivity contribution is 5.97. The van der Waals surface area contributed by atoms with Gasteiger partial charge in [0.25, 0.3) is 11.8 Å². The predicted octanol–water partition coefficient (Wildman–Crippen LogP) is 1.96. The monoisotopic (exact) mass is 423 g/mol. The summed E-state index contributed by atoms with van der Waals surface area (Å²) in [6.45, 7) is 0.297. The minimum Gasteiger partial charge on any atom is -0.343 e. The largest absolute Gasteiger partial charge is 0.343 e. The zero-order valence-corrected chi connectivity index (χ0v) is 15.6. The summed E-state index contributed by atoms with van der Waals surface area (Å²) in [5, 5.41) is 2.28. The number of halogens is 4. The molecule has 2 aromatic carbocycles. The Labute approximate surface area is 169 Å². The first-order valence-electron chi connectivity index (χ1n) is 9.01. The molecule has 0 atom stereocenters. The Morgan fingerprint density at radius 1 is 0.800 bits per heavy atom. The van der Waals surface area contributed by atoms with Crippen molar-refractivity contribution < 1.29 is 31.9 Å². The fourth-order valence-electron chi connectivity index (χ4n) is 3.01. The van der Waals surface area contributed by atoms with Crippen molar-refractivity contribution >= 4 is 17.7 Å². The zero-order chi connectivity index (χ0) is 21.8. The van der Waals surface area contributed by atoms with Crippen LogP contribution in [0.25, 0.3) is 0 Å². The Bertz CT molecular complexity index is 991. The molecule has 1 aliphatic heterocycles. The van der Waals surface area contributed by atoms with Crippen LogP contribution in [0.3, 0.4) is 0 Å². The predicted molar refractivity (Wildman–Crippen MR) is 97.5 cm³/mol. The van der Waals surface area contributed by atoms with Crippen molar-refractivity contribution in [2.24, 2.45) is 0 Å². The fraction of sp³-hybridized carbons (Fsp3) is 0.250. The van der Waals surface area contributed by atoms with E-state index in [9.17, 15) is 31.9 Å². The standard InChI is InChI=1S/C20H17F4N3O3/c21-13-2-3-14(16(23)10-13)19(29)25-11-18(28)26-5-7-27(8-6-26)20(30)12-1-4-15(22)17(24)9-12/h1-4,9-10H,5-8,11H2,(H,25,29). The number of nitrogens with zero attached hydrogens (tertiary/aromatic N) is 2. The number of amides is 3. The van der Waals surface area contributed by atoms with Gasteiger partial charge in [0.05, 0.1) is 12.1 Å². The molecule has 158 valence electrons. The molecule has 6 nitrogen and oxygen atoms in total. The third-order valence-corrected chi connectivity index (χ3v) is 4.66. The first kappa shape index (κ1) is 21.3. The third-order valence-electron chi connectivity index (χ3n) is 4.66. The Kier molecular flexibility index (Phi) is 6.34. The van der Waals surface area contributed by atoms with Gasteiger partial charge in [-0.1, -0.05) is 0 Å². The van der Waals surface area contributed by atoms with Crippen LogP contribution in [-0.4, -0.2) is 60.2 Å². The van der Waals surface area contributed by atoms with Crippen LogP contribution >= 0.6 is 0 Å². The number of carbonyl (C=O) groups excluding carboxylic acids is 3. The summed E-state index contributed by atoms with van der Waals surface area (Å²) in [6, 6.07) is 5.35. The van der Waals surface area contributed by atoms with E-state index in [1.807, 2.05) is 0 Å². The number of benzene rings is 2. The number of carbonyl (C=O) groups is 3. The Morgan fingerprint density at radius 2 is 1.47 bits per heavy atom. The molecule has 0 radical (unpaired) electrons. The van der Waals surface area contributed by atoms with Gasteiger partial charge in [0, 0.05) is 37.8 Å². The van der Waals surface area contributed by atoms with Gasteiger partial charge < -0.3 is 15.1 Å². The maximum atomic E-state index is 13.6. The first-order chi connectivity index (χ1) is 14.3. The fourth-order valence-corrected chi connectivity index (χ4v) is 3.01. The second-order valence-electron chi connectivity index (χ2n) is 6.61. The topological polar surface area (TPSA) is 69.7 Å². The number of nitrogens with one attached hydrogen (secondary N) is 1. The lowest BCUT2D eigenvalue weighted by Crippen LogP contribution is -2.52. The number of rotatable bonds is 4. The Balaban J connectivity index is 1.50. The molecule has 1 N–H and O–H groups in total. The highest BCUT2D eigenvalue weighted by atomic mass is 19.2. The average Bonchev–Trinajstić information content (AvgIpc) is 2.73. The molecule has 3 rings (SSSR count). The van der Waals surface area contributed by atoms with E-state index in [-0.39, 0.29) is 37.3 Å². The van der Waals surface area contributed by atoms with Gasteiger partial charge in [-0.05, 0) is 30.3 Å². The molecule has 0 spiro atoms. The first-order valence-corrected chi connectivity index (χ1v) is 9.01. The van der Waals surface area contributed by atoms with E-state index >= 15 is 0 Å². The second-order valence-corrected chi connectivity index (χ2v) is 6.61. The minimum absolute atomic E-state index is 0.00210. The van der Waals surface area contributed by atoms with Gasteiger partial charge in [-0.25, -0.2) is 17.6 Å². The SMILES string of the molecule is O=C(NCC(=O)N1CCN(C(=O)c2ccc(F)c(F)c2)CC1)c1ccc(F)cc1F. The molecule has 0 aromatic heterocycles. The maximum Gasteiger partial charge on any atom is 0.254 e. The summed E-state index contributed by atoms with van der Waals surface area (Å²) in [4.78, 5) is 39.4. The molecular weight excluding hydrogens is 406 g/mol. The molecule has 0 saturated carbocycles. The van der Waals surface area contributed by atoms with Crippen molar-refractivity contribution in [1.29, 1.82) is 0 Å². The summed E-state index contributed by atoms with van der Waals surface area (Å²) in [5.74, 6) is -5.81. The van der Waals surface area contributed by atoms with Crippen LogP contribution in [0.4, 0.5) is 17.6 Å². The van der Waals surface area contributed by atoms with E-state index < -0.39 is 47.5 Å². The summed E-state index contributed by atoms with van der Waals surface area (Å²) in [6.07, 6.45) is 0. The van der Waals surface area contributed by atoms with Gasteiger partial charge in [-0.2, -0.15) is 0 Å². The summed E-state index contributed by atoms with van der Waals surface area (Å²) in [7, 11) is 0. The number of piperazine rings is 1. The van der Waals surface area contributed by atoms with Crippen LogP contribution in [0.2, 0.25) is 0 Å². The molecule has 1 aliphatic rings. The molecule has 1 fully saturated rings. The van der Waals surface area contributed by atoms with Gasteiger partial charge in [0.2, 0.25) is 5.91 Å². The molecule has 0 unspecified atom stereocenters. The van der Waals surface area contributed by atoms with Gasteiger partial charge >= 0.3 is 0 Å². The quantitative estimate of drug-likeness (QED) is 0.765. The van der Waals surface area contributed by atoms with E-state index in [4.69, 9.17) is 0 Å². The lowest BCUT2D eigenvalue weighted by atomic mass is 10.1. The van der Waals surface area contributed by atoms with E-state index in [1.54, 1.807) is 0 Å². The number of hydrogen-bond acceptors (Lipinski definition) is 3. The van der Waals surface area contributed by atoms with Gasteiger partial charge in [0.15, 0.2) is 11.6 Å². The smallest absolute Gasteiger partial charge is 0.254 e. The zero-order valence-electron chi connectivity index (χ0n) is 15.6. The van der Waals surface area contributed by atoms with Crippen molar-refractivity contribution in [1.82, 2.24) is 15.1 Å². The Hall–Kier alpha value is -3.43. The van der Waals surface area contributed by atoms with E-state index in [2.05, 4.69) is 5.32 Å². The van der Waals surface area contributed by atoms with Crippen LogP contribution < -0.4 is 5.32 Å². The molecule has 30 heavy (non-hydrogen) atoms. The third kappa shape index (κ3) is 4.76. The lowest BCUT2D eigenvalue weighted by molar-refractivity contribution is -0.131. The Morgan fingerprint density at radius 3 is 2.10 bits per heavy atom. The molecule has 0 aliphatic carbocycles.